The lowest BCUT2D eigenvalue weighted by Crippen LogP contribution is -2.14. The lowest BCUT2D eigenvalue weighted by Gasteiger charge is -2.13. The van der Waals surface area contributed by atoms with Crippen LogP contribution in [0.1, 0.15) is 18.9 Å². The highest BCUT2D eigenvalue weighted by atomic mass is 35.5. The van der Waals surface area contributed by atoms with Crippen LogP contribution in [0.2, 0.25) is 5.02 Å². The molecular weight excluding hydrogens is 349 g/mol. The maximum atomic E-state index is 14.3. The number of hydrogen-bond donors (Lipinski definition) is 0. The molecule has 122 valence electrons. The quantitative estimate of drug-likeness (QED) is 0.515. The second-order valence-corrected chi connectivity index (χ2v) is 6.88. The summed E-state index contributed by atoms with van der Waals surface area (Å²) in [7, 11) is 0. The molecule has 0 spiro atoms. The van der Waals surface area contributed by atoms with E-state index in [1.54, 1.807) is 12.3 Å². The number of thioether (sulfide) groups is 1. The zero-order valence-electron chi connectivity index (χ0n) is 12.8. The lowest BCUT2D eigenvalue weighted by atomic mass is 10.0. The zero-order chi connectivity index (χ0) is 16.8. The van der Waals surface area contributed by atoms with Gasteiger partial charge in [-0.05, 0) is 31.2 Å². The minimum Gasteiger partial charge on any atom is -0.328 e. The number of pyridine rings is 1. The summed E-state index contributed by atoms with van der Waals surface area (Å²) in [6.45, 7) is 0. The summed E-state index contributed by atoms with van der Waals surface area (Å²) in [4.78, 5) is 21.6. The summed E-state index contributed by atoms with van der Waals surface area (Å²) in [5, 5.41) is 1.21. The highest BCUT2D eigenvalue weighted by molar-refractivity contribution is 7.98. The second kappa shape index (κ2) is 5.86. The van der Waals surface area contributed by atoms with Gasteiger partial charge in [-0.25, -0.2) is 14.4 Å². The van der Waals surface area contributed by atoms with E-state index in [1.165, 1.54) is 30.1 Å². The van der Waals surface area contributed by atoms with Gasteiger partial charge in [-0.1, -0.05) is 29.4 Å². The van der Waals surface area contributed by atoms with Crippen LogP contribution in [0, 0.1) is 5.82 Å². The van der Waals surface area contributed by atoms with Crippen molar-refractivity contribution in [2.24, 2.45) is 0 Å². The molecule has 4 rings (SSSR count). The summed E-state index contributed by atoms with van der Waals surface area (Å²) < 4.78 is 16.3. The molecule has 0 radical (unpaired) electrons. The van der Waals surface area contributed by atoms with E-state index in [2.05, 4.69) is 9.97 Å². The van der Waals surface area contributed by atoms with Crippen LogP contribution in [0.5, 0.6) is 0 Å². The number of fused-ring (bicyclic) bond motifs is 1. The summed E-state index contributed by atoms with van der Waals surface area (Å²) in [6, 6.07) is 4.69. The Labute approximate surface area is 146 Å². The average Bonchev–Trinajstić information content (AvgIpc) is 3.41. The zero-order valence-corrected chi connectivity index (χ0v) is 14.4. The minimum absolute atomic E-state index is 0.134. The van der Waals surface area contributed by atoms with E-state index >= 15 is 0 Å². The van der Waals surface area contributed by atoms with Crippen molar-refractivity contribution < 1.29 is 4.39 Å². The van der Waals surface area contributed by atoms with Crippen LogP contribution in [0.25, 0.3) is 22.2 Å². The topological polar surface area (TPSA) is 47.8 Å². The second-order valence-electron chi connectivity index (χ2n) is 5.70. The molecule has 0 atom stereocenters. The number of aromatic nitrogens is 3. The largest absolute Gasteiger partial charge is 0.328 e. The molecule has 0 N–H and O–H groups in total. The van der Waals surface area contributed by atoms with Crippen molar-refractivity contribution in [1.82, 2.24) is 14.5 Å². The van der Waals surface area contributed by atoms with Crippen molar-refractivity contribution in [3.05, 3.63) is 51.7 Å². The van der Waals surface area contributed by atoms with Gasteiger partial charge in [-0.2, -0.15) is 0 Å². The Morgan fingerprint density at radius 2 is 2.17 bits per heavy atom. The standard InChI is InChI=1S/C17H13ClFN3OS/c1-24-17-20-7-10-15(23)11(14-12(18)3-2-4-13(14)19)8-22(9-5-6-9)16(10)21-17/h2-4,7-9H,5-6H2,1H3. The molecule has 0 bridgehead atoms. The van der Waals surface area contributed by atoms with Crippen LogP contribution in [0.15, 0.2) is 40.5 Å². The third kappa shape index (κ3) is 2.50. The van der Waals surface area contributed by atoms with Crippen LogP contribution < -0.4 is 5.43 Å². The van der Waals surface area contributed by atoms with Gasteiger partial charge in [0.25, 0.3) is 0 Å². The molecule has 3 aromatic rings. The summed E-state index contributed by atoms with van der Waals surface area (Å²) in [5.74, 6) is -0.511. The Kier molecular flexibility index (Phi) is 3.81. The van der Waals surface area contributed by atoms with Gasteiger partial charge >= 0.3 is 0 Å². The smallest absolute Gasteiger partial charge is 0.200 e. The number of rotatable bonds is 3. The first-order valence-corrected chi connectivity index (χ1v) is 9.10. The maximum Gasteiger partial charge on any atom is 0.200 e. The van der Waals surface area contributed by atoms with E-state index in [1.807, 2.05) is 10.8 Å². The fourth-order valence-corrected chi connectivity index (χ4v) is 3.38. The Morgan fingerprint density at radius 1 is 1.38 bits per heavy atom. The SMILES string of the molecule is CSc1ncc2c(=O)c(-c3c(F)cccc3Cl)cn(C3CC3)c2n1. The molecule has 7 heteroatoms. The first-order chi connectivity index (χ1) is 11.6. The third-order valence-electron chi connectivity index (χ3n) is 4.10. The summed E-state index contributed by atoms with van der Waals surface area (Å²) >= 11 is 7.58. The molecule has 2 aromatic heterocycles. The van der Waals surface area contributed by atoms with E-state index in [4.69, 9.17) is 11.6 Å². The Morgan fingerprint density at radius 3 is 2.83 bits per heavy atom. The predicted octanol–water partition coefficient (Wildman–Crippen LogP) is 4.31. The molecule has 1 aliphatic carbocycles. The number of benzene rings is 1. The minimum atomic E-state index is -0.511. The van der Waals surface area contributed by atoms with Crippen molar-refractivity contribution in [2.75, 3.05) is 6.26 Å². The number of nitrogens with zero attached hydrogens (tertiary/aromatic N) is 3. The normalized spacial score (nSPS) is 14.3. The molecule has 0 amide bonds. The average molecular weight is 362 g/mol. The van der Waals surface area contributed by atoms with Gasteiger partial charge in [-0.15, -0.1) is 0 Å². The lowest BCUT2D eigenvalue weighted by molar-refractivity contribution is 0.631. The monoisotopic (exact) mass is 361 g/mol. The van der Waals surface area contributed by atoms with E-state index in [-0.39, 0.29) is 27.6 Å². The maximum absolute atomic E-state index is 14.3. The summed E-state index contributed by atoms with van der Waals surface area (Å²) in [6.07, 6.45) is 7.12. The van der Waals surface area contributed by atoms with Crippen LogP contribution >= 0.6 is 23.4 Å². The Hall–Kier alpha value is -1.92. The molecule has 1 fully saturated rings. The molecule has 24 heavy (non-hydrogen) atoms. The van der Waals surface area contributed by atoms with Gasteiger partial charge in [-0.3, -0.25) is 4.79 Å². The van der Waals surface area contributed by atoms with E-state index in [9.17, 15) is 9.18 Å². The molecule has 0 aliphatic heterocycles. The highest BCUT2D eigenvalue weighted by Crippen LogP contribution is 2.38. The molecule has 0 unspecified atom stereocenters. The van der Waals surface area contributed by atoms with Crippen LogP contribution in [-0.2, 0) is 0 Å². The van der Waals surface area contributed by atoms with Gasteiger partial charge in [0.05, 0.1) is 16.0 Å². The third-order valence-corrected chi connectivity index (χ3v) is 4.98. The van der Waals surface area contributed by atoms with Crippen molar-refractivity contribution in [3.8, 4) is 11.1 Å². The van der Waals surface area contributed by atoms with Gasteiger partial charge in [0.15, 0.2) is 5.16 Å². The molecular formula is C17H13ClFN3OS. The van der Waals surface area contributed by atoms with Crippen LogP contribution in [0.3, 0.4) is 0 Å². The van der Waals surface area contributed by atoms with Gasteiger partial charge in [0, 0.05) is 24.0 Å². The van der Waals surface area contributed by atoms with E-state index in [0.717, 1.165) is 12.8 Å². The van der Waals surface area contributed by atoms with Crippen molar-refractivity contribution >= 4 is 34.4 Å². The fourth-order valence-electron chi connectivity index (χ4n) is 2.78. The van der Waals surface area contributed by atoms with Crippen LogP contribution in [-0.4, -0.2) is 20.8 Å². The molecule has 1 aromatic carbocycles. The van der Waals surface area contributed by atoms with Gasteiger partial charge in [0.2, 0.25) is 5.43 Å². The molecule has 4 nitrogen and oxygen atoms in total. The first-order valence-electron chi connectivity index (χ1n) is 7.50. The van der Waals surface area contributed by atoms with E-state index < -0.39 is 5.82 Å². The highest BCUT2D eigenvalue weighted by Gasteiger charge is 2.27. The Bertz CT molecular complexity index is 996. The Balaban J connectivity index is 2.08. The van der Waals surface area contributed by atoms with Gasteiger partial charge in [0.1, 0.15) is 11.5 Å². The molecule has 2 heterocycles. The molecule has 1 saturated carbocycles. The summed E-state index contributed by atoms with van der Waals surface area (Å²) in [5.41, 5.74) is 0.673. The van der Waals surface area contributed by atoms with Gasteiger partial charge < -0.3 is 4.57 Å². The van der Waals surface area contributed by atoms with Crippen LogP contribution in [0.4, 0.5) is 4.39 Å². The number of hydrogen-bond acceptors (Lipinski definition) is 4. The van der Waals surface area contributed by atoms with Crippen molar-refractivity contribution in [2.45, 2.75) is 24.0 Å². The first kappa shape index (κ1) is 15.6. The molecule has 0 saturated heterocycles. The van der Waals surface area contributed by atoms with Crippen molar-refractivity contribution in [3.63, 3.8) is 0 Å². The fraction of sp³-hybridized carbons (Fsp3) is 0.235. The predicted molar refractivity (Wildman–Crippen MR) is 94.3 cm³/mol. The van der Waals surface area contributed by atoms with Crippen molar-refractivity contribution in [1.29, 1.82) is 0 Å². The van der Waals surface area contributed by atoms with E-state index in [0.29, 0.717) is 16.2 Å². The number of halogens is 2. The molecule has 1 aliphatic rings.